The SMILES string of the molecule is CNCc1cccc(Cc2ccc3oc(C)nc3c2)c1. The zero-order valence-corrected chi connectivity index (χ0v) is 11.8. The fourth-order valence-electron chi connectivity index (χ4n) is 2.49. The summed E-state index contributed by atoms with van der Waals surface area (Å²) in [5, 5.41) is 3.18. The molecule has 0 aliphatic carbocycles. The highest BCUT2D eigenvalue weighted by Gasteiger charge is 2.04. The van der Waals surface area contributed by atoms with Gasteiger partial charge in [0.2, 0.25) is 0 Å². The first-order valence-corrected chi connectivity index (χ1v) is 6.83. The average Bonchev–Trinajstić information content (AvgIpc) is 2.79. The number of fused-ring (bicyclic) bond motifs is 1. The Labute approximate surface area is 118 Å². The highest BCUT2D eigenvalue weighted by molar-refractivity contribution is 5.73. The van der Waals surface area contributed by atoms with Crippen molar-refractivity contribution < 1.29 is 4.42 Å². The second-order valence-electron chi connectivity index (χ2n) is 5.06. The van der Waals surface area contributed by atoms with Crippen LogP contribution in [0.25, 0.3) is 11.1 Å². The van der Waals surface area contributed by atoms with Gasteiger partial charge in [0.15, 0.2) is 11.5 Å². The van der Waals surface area contributed by atoms with Crippen molar-refractivity contribution in [3.8, 4) is 0 Å². The van der Waals surface area contributed by atoms with Gasteiger partial charge in [0.25, 0.3) is 0 Å². The Bertz CT molecular complexity index is 731. The molecule has 1 aromatic heterocycles. The molecule has 0 radical (unpaired) electrons. The van der Waals surface area contributed by atoms with Crippen LogP contribution in [-0.4, -0.2) is 12.0 Å². The first kappa shape index (κ1) is 12.9. The number of nitrogens with one attached hydrogen (secondary N) is 1. The number of hydrogen-bond donors (Lipinski definition) is 1. The summed E-state index contributed by atoms with van der Waals surface area (Å²) in [6, 6.07) is 14.9. The zero-order valence-electron chi connectivity index (χ0n) is 11.8. The van der Waals surface area contributed by atoms with Crippen molar-refractivity contribution in [3.05, 3.63) is 65.0 Å². The van der Waals surface area contributed by atoms with Gasteiger partial charge >= 0.3 is 0 Å². The van der Waals surface area contributed by atoms with E-state index in [9.17, 15) is 0 Å². The maximum absolute atomic E-state index is 5.50. The fraction of sp³-hybridized carbons (Fsp3) is 0.235. The van der Waals surface area contributed by atoms with Crippen LogP contribution in [0, 0.1) is 6.92 Å². The molecule has 3 rings (SSSR count). The Hall–Kier alpha value is -2.13. The third kappa shape index (κ3) is 2.73. The van der Waals surface area contributed by atoms with Crippen molar-refractivity contribution in [3.63, 3.8) is 0 Å². The fourth-order valence-corrected chi connectivity index (χ4v) is 2.49. The first-order chi connectivity index (χ1) is 9.74. The molecule has 102 valence electrons. The molecule has 0 aliphatic rings. The van der Waals surface area contributed by atoms with Crippen LogP contribution in [0.5, 0.6) is 0 Å². The number of nitrogens with zero attached hydrogens (tertiary/aromatic N) is 1. The smallest absolute Gasteiger partial charge is 0.192 e. The van der Waals surface area contributed by atoms with Crippen LogP contribution in [0.1, 0.15) is 22.6 Å². The van der Waals surface area contributed by atoms with E-state index in [1.165, 1.54) is 16.7 Å². The second kappa shape index (κ2) is 5.47. The van der Waals surface area contributed by atoms with Gasteiger partial charge in [0, 0.05) is 13.5 Å². The molecule has 0 bridgehead atoms. The van der Waals surface area contributed by atoms with Gasteiger partial charge in [-0.25, -0.2) is 4.98 Å². The first-order valence-electron chi connectivity index (χ1n) is 6.83. The van der Waals surface area contributed by atoms with Gasteiger partial charge in [-0.3, -0.25) is 0 Å². The van der Waals surface area contributed by atoms with E-state index in [1.54, 1.807) is 0 Å². The van der Waals surface area contributed by atoms with Gasteiger partial charge in [-0.1, -0.05) is 30.3 Å². The van der Waals surface area contributed by atoms with E-state index in [1.807, 2.05) is 20.0 Å². The summed E-state index contributed by atoms with van der Waals surface area (Å²) in [5.74, 6) is 0.716. The van der Waals surface area contributed by atoms with E-state index < -0.39 is 0 Å². The van der Waals surface area contributed by atoms with E-state index in [0.717, 1.165) is 24.1 Å². The predicted octanol–water partition coefficient (Wildman–Crippen LogP) is 3.45. The third-order valence-electron chi connectivity index (χ3n) is 3.34. The molecule has 0 spiro atoms. The minimum atomic E-state index is 0.716. The van der Waals surface area contributed by atoms with Crippen molar-refractivity contribution in [1.82, 2.24) is 10.3 Å². The lowest BCUT2D eigenvalue weighted by atomic mass is 10.0. The number of hydrogen-bond acceptors (Lipinski definition) is 3. The lowest BCUT2D eigenvalue weighted by Crippen LogP contribution is -2.05. The molecule has 0 amide bonds. The molecule has 0 fully saturated rings. The minimum absolute atomic E-state index is 0.716. The average molecular weight is 266 g/mol. The van der Waals surface area contributed by atoms with E-state index in [0.29, 0.717) is 5.89 Å². The van der Waals surface area contributed by atoms with Crippen molar-refractivity contribution in [2.75, 3.05) is 7.05 Å². The molecule has 0 saturated heterocycles. The monoisotopic (exact) mass is 266 g/mol. The number of aromatic nitrogens is 1. The summed E-state index contributed by atoms with van der Waals surface area (Å²) in [6.45, 7) is 2.77. The largest absolute Gasteiger partial charge is 0.441 e. The van der Waals surface area contributed by atoms with Crippen LogP contribution in [0.2, 0.25) is 0 Å². The van der Waals surface area contributed by atoms with Gasteiger partial charge in [0.1, 0.15) is 5.52 Å². The Morgan fingerprint density at radius 1 is 1.05 bits per heavy atom. The lowest BCUT2D eigenvalue weighted by Gasteiger charge is -2.05. The highest BCUT2D eigenvalue weighted by atomic mass is 16.3. The molecule has 1 N–H and O–H groups in total. The van der Waals surface area contributed by atoms with Crippen LogP contribution in [0.3, 0.4) is 0 Å². The van der Waals surface area contributed by atoms with Crippen molar-refractivity contribution >= 4 is 11.1 Å². The Kier molecular flexibility index (Phi) is 3.52. The van der Waals surface area contributed by atoms with Crippen LogP contribution >= 0.6 is 0 Å². The van der Waals surface area contributed by atoms with Crippen molar-refractivity contribution in [2.24, 2.45) is 0 Å². The minimum Gasteiger partial charge on any atom is -0.441 e. The van der Waals surface area contributed by atoms with Gasteiger partial charge in [0.05, 0.1) is 0 Å². The van der Waals surface area contributed by atoms with Gasteiger partial charge in [-0.2, -0.15) is 0 Å². The number of rotatable bonds is 4. The quantitative estimate of drug-likeness (QED) is 0.786. The van der Waals surface area contributed by atoms with Crippen molar-refractivity contribution in [1.29, 1.82) is 0 Å². The van der Waals surface area contributed by atoms with Gasteiger partial charge < -0.3 is 9.73 Å². The topological polar surface area (TPSA) is 38.1 Å². The maximum atomic E-state index is 5.50. The molecular formula is C17H18N2O. The molecule has 3 nitrogen and oxygen atoms in total. The number of aryl methyl sites for hydroxylation is 1. The zero-order chi connectivity index (χ0) is 13.9. The second-order valence-corrected chi connectivity index (χ2v) is 5.06. The highest BCUT2D eigenvalue weighted by Crippen LogP contribution is 2.19. The standard InChI is InChI=1S/C17H18N2O/c1-12-19-16-10-14(6-7-17(16)20-12)8-13-4-3-5-15(9-13)11-18-2/h3-7,9-10,18H,8,11H2,1-2H3. The molecule has 3 aromatic rings. The molecular weight excluding hydrogens is 248 g/mol. The molecule has 20 heavy (non-hydrogen) atoms. The van der Waals surface area contributed by atoms with E-state index in [2.05, 4.69) is 46.7 Å². The summed E-state index contributed by atoms with van der Waals surface area (Å²) in [7, 11) is 1.97. The third-order valence-corrected chi connectivity index (χ3v) is 3.34. The van der Waals surface area contributed by atoms with E-state index in [4.69, 9.17) is 4.42 Å². The molecule has 1 heterocycles. The van der Waals surface area contributed by atoms with Crippen molar-refractivity contribution in [2.45, 2.75) is 19.9 Å². The summed E-state index contributed by atoms with van der Waals surface area (Å²) < 4.78 is 5.50. The van der Waals surface area contributed by atoms with Gasteiger partial charge in [-0.15, -0.1) is 0 Å². The maximum Gasteiger partial charge on any atom is 0.192 e. The Balaban J connectivity index is 1.86. The lowest BCUT2D eigenvalue weighted by molar-refractivity contribution is 0.561. The summed E-state index contributed by atoms with van der Waals surface area (Å²) in [5.41, 5.74) is 5.68. The normalized spacial score (nSPS) is 11.1. The number of benzene rings is 2. The Morgan fingerprint density at radius 2 is 1.85 bits per heavy atom. The van der Waals surface area contributed by atoms with Gasteiger partial charge in [-0.05, 0) is 42.3 Å². The molecule has 0 atom stereocenters. The molecule has 0 saturated carbocycles. The summed E-state index contributed by atoms with van der Waals surface area (Å²) in [4.78, 5) is 4.39. The molecule has 0 unspecified atom stereocenters. The molecule has 2 aromatic carbocycles. The summed E-state index contributed by atoms with van der Waals surface area (Å²) in [6.07, 6.45) is 0.916. The van der Waals surface area contributed by atoms with Crippen LogP contribution < -0.4 is 5.32 Å². The predicted molar refractivity (Wildman–Crippen MR) is 80.8 cm³/mol. The molecule has 3 heteroatoms. The molecule has 0 aliphatic heterocycles. The Morgan fingerprint density at radius 3 is 2.70 bits per heavy atom. The van der Waals surface area contributed by atoms with Crippen LogP contribution in [0.15, 0.2) is 46.9 Å². The van der Waals surface area contributed by atoms with E-state index in [-0.39, 0.29) is 0 Å². The van der Waals surface area contributed by atoms with Crippen LogP contribution in [-0.2, 0) is 13.0 Å². The van der Waals surface area contributed by atoms with E-state index >= 15 is 0 Å². The summed E-state index contributed by atoms with van der Waals surface area (Å²) >= 11 is 0. The van der Waals surface area contributed by atoms with Crippen LogP contribution in [0.4, 0.5) is 0 Å². The number of oxazole rings is 1.